The fraction of sp³-hybridized carbons (Fsp3) is 0.333. The Bertz CT molecular complexity index is 1050. The van der Waals surface area contributed by atoms with E-state index in [1.54, 1.807) is 16.7 Å². The summed E-state index contributed by atoms with van der Waals surface area (Å²) in [7, 11) is -3.44. The molecule has 0 radical (unpaired) electrons. The molecule has 27 heavy (non-hydrogen) atoms. The van der Waals surface area contributed by atoms with Gasteiger partial charge >= 0.3 is 0 Å². The SMILES string of the molecule is O=S1(=O)CNCCN1CC(O)Cn1c2ccc(F)cc2c2cc(F)ccc21. The van der Waals surface area contributed by atoms with Crippen molar-refractivity contribution in [3.63, 3.8) is 0 Å². The summed E-state index contributed by atoms with van der Waals surface area (Å²) in [5, 5.41) is 14.4. The van der Waals surface area contributed by atoms with Crippen molar-refractivity contribution in [2.24, 2.45) is 0 Å². The molecule has 2 heterocycles. The highest BCUT2D eigenvalue weighted by Gasteiger charge is 2.28. The average molecular weight is 395 g/mol. The van der Waals surface area contributed by atoms with E-state index in [2.05, 4.69) is 5.32 Å². The first-order valence-corrected chi connectivity index (χ1v) is 10.2. The third-order valence-corrected chi connectivity index (χ3v) is 6.50. The minimum Gasteiger partial charge on any atom is -0.390 e. The molecule has 0 bridgehead atoms. The summed E-state index contributed by atoms with van der Waals surface area (Å²) in [5.74, 6) is -1.01. The van der Waals surface area contributed by atoms with E-state index in [0.29, 0.717) is 34.9 Å². The van der Waals surface area contributed by atoms with E-state index < -0.39 is 27.8 Å². The van der Waals surface area contributed by atoms with Gasteiger partial charge in [0, 0.05) is 41.4 Å². The molecule has 4 rings (SSSR count). The van der Waals surface area contributed by atoms with Gasteiger partial charge in [0.2, 0.25) is 10.0 Å². The largest absolute Gasteiger partial charge is 0.390 e. The van der Waals surface area contributed by atoms with E-state index >= 15 is 0 Å². The second-order valence-corrected chi connectivity index (χ2v) is 8.67. The molecular weight excluding hydrogens is 376 g/mol. The van der Waals surface area contributed by atoms with Crippen LogP contribution in [0.1, 0.15) is 0 Å². The second-order valence-electron chi connectivity index (χ2n) is 6.70. The molecule has 1 fully saturated rings. The van der Waals surface area contributed by atoms with Crippen LogP contribution >= 0.6 is 0 Å². The number of nitrogens with zero attached hydrogens (tertiary/aromatic N) is 2. The number of fused-ring (bicyclic) bond motifs is 3. The Labute approximate surface area is 155 Å². The van der Waals surface area contributed by atoms with Gasteiger partial charge in [-0.25, -0.2) is 17.2 Å². The molecule has 2 N–H and O–H groups in total. The lowest BCUT2D eigenvalue weighted by Gasteiger charge is -2.29. The van der Waals surface area contributed by atoms with Gasteiger partial charge in [-0.3, -0.25) is 0 Å². The minimum atomic E-state index is -3.44. The summed E-state index contributed by atoms with van der Waals surface area (Å²) in [6.45, 7) is 0.896. The lowest BCUT2D eigenvalue weighted by molar-refractivity contribution is 0.129. The number of rotatable bonds is 4. The monoisotopic (exact) mass is 395 g/mol. The second kappa shape index (κ2) is 6.83. The number of aliphatic hydroxyl groups is 1. The van der Waals surface area contributed by atoms with Crippen molar-refractivity contribution in [2.75, 3.05) is 25.5 Å². The summed E-state index contributed by atoms with van der Waals surface area (Å²) in [6.07, 6.45) is -0.966. The molecule has 6 nitrogen and oxygen atoms in total. The summed E-state index contributed by atoms with van der Waals surface area (Å²) in [6, 6.07) is 8.44. The molecule has 0 saturated carbocycles. The molecule has 144 valence electrons. The fourth-order valence-electron chi connectivity index (χ4n) is 3.59. The van der Waals surface area contributed by atoms with Gasteiger partial charge in [-0.05, 0) is 36.4 Å². The van der Waals surface area contributed by atoms with Gasteiger partial charge in [0.25, 0.3) is 0 Å². The zero-order chi connectivity index (χ0) is 19.2. The Balaban J connectivity index is 1.70. The molecule has 0 amide bonds. The number of halogens is 2. The van der Waals surface area contributed by atoms with Crippen molar-refractivity contribution in [3.8, 4) is 0 Å². The maximum atomic E-state index is 13.7. The summed E-state index contributed by atoms with van der Waals surface area (Å²) < 4.78 is 54.6. The first-order valence-electron chi connectivity index (χ1n) is 8.59. The van der Waals surface area contributed by atoms with E-state index in [4.69, 9.17) is 0 Å². The van der Waals surface area contributed by atoms with E-state index in [0.717, 1.165) is 0 Å². The molecule has 1 aliphatic heterocycles. The van der Waals surface area contributed by atoms with Gasteiger partial charge < -0.3 is 15.0 Å². The molecule has 2 aromatic carbocycles. The molecule has 1 unspecified atom stereocenters. The molecule has 0 aliphatic carbocycles. The number of benzene rings is 2. The van der Waals surface area contributed by atoms with Crippen LogP contribution in [0.15, 0.2) is 36.4 Å². The van der Waals surface area contributed by atoms with Gasteiger partial charge in [-0.2, -0.15) is 4.31 Å². The van der Waals surface area contributed by atoms with Crippen LogP contribution in [-0.4, -0.2) is 54.0 Å². The summed E-state index contributed by atoms with van der Waals surface area (Å²) >= 11 is 0. The number of β-amino-alcohol motifs (C(OH)–C–C–N with tert-alkyl or cyclic N) is 1. The normalized spacial score (nSPS) is 18.9. The molecule has 1 aromatic heterocycles. The average Bonchev–Trinajstić information content (AvgIpc) is 2.89. The number of nitrogens with one attached hydrogen (secondary N) is 1. The van der Waals surface area contributed by atoms with Crippen molar-refractivity contribution >= 4 is 31.8 Å². The quantitative estimate of drug-likeness (QED) is 0.704. The van der Waals surface area contributed by atoms with Crippen LogP contribution in [0.5, 0.6) is 0 Å². The van der Waals surface area contributed by atoms with Crippen molar-refractivity contribution in [2.45, 2.75) is 12.6 Å². The zero-order valence-electron chi connectivity index (χ0n) is 14.4. The van der Waals surface area contributed by atoms with Gasteiger partial charge in [0.1, 0.15) is 17.5 Å². The summed E-state index contributed by atoms with van der Waals surface area (Å²) in [4.78, 5) is 0. The Morgan fingerprint density at radius 1 is 1.04 bits per heavy atom. The van der Waals surface area contributed by atoms with E-state index in [1.807, 2.05) is 0 Å². The van der Waals surface area contributed by atoms with Crippen LogP contribution in [-0.2, 0) is 16.6 Å². The number of aromatic nitrogens is 1. The Morgan fingerprint density at radius 3 is 2.19 bits per heavy atom. The third-order valence-electron chi connectivity index (χ3n) is 4.81. The smallest absolute Gasteiger partial charge is 0.227 e. The molecule has 3 aromatic rings. The molecule has 1 aliphatic rings. The molecule has 9 heteroatoms. The topological polar surface area (TPSA) is 74.6 Å². The van der Waals surface area contributed by atoms with Crippen molar-refractivity contribution < 1.29 is 22.3 Å². The fourth-order valence-corrected chi connectivity index (χ4v) is 4.94. The van der Waals surface area contributed by atoms with Crippen LogP contribution < -0.4 is 5.32 Å². The zero-order valence-corrected chi connectivity index (χ0v) is 15.2. The van der Waals surface area contributed by atoms with Crippen molar-refractivity contribution in [1.29, 1.82) is 0 Å². The van der Waals surface area contributed by atoms with Gasteiger partial charge in [-0.15, -0.1) is 0 Å². The molecule has 1 saturated heterocycles. The highest BCUT2D eigenvalue weighted by atomic mass is 32.2. The van der Waals surface area contributed by atoms with Crippen molar-refractivity contribution in [3.05, 3.63) is 48.0 Å². The number of aliphatic hydroxyl groups excluding tert-OH is 1. The van der Waals surface area contributed by atoms with E-state index in [1.165, 1.54) is 28.6 Å². The first-order chi connectivity index (χ1) is 12.8. The predicted molar refractivity (Wildman–Crippen MR) is 98.7 cm³/mol. The Hall–Kier alpha value is -2.07. The highest BCUT2D eigenvalue weighted by Crippen LogP contribution is 2.30. The first kappa shape index (κ1) is 18.3. The van der Waals surface area contributed by atoms with Crippen LogP contribution in [0.3, 0.4) is 0 Å². The van der Waals surface area contributed by atoms with Gasteiger partial charge in [-0.1, -0.05) is 0 Å². The maximum absolute atomic E-state index is 13.7. The van der Waals surface area contributed by atoms with Crippen LogP contribution in [0.25, 0.3) is 21.8 Å². The summed E-state index contributed by atoms with van der Waals surface area (Å²) in [5.41, 5.74) is 1.30. The van der Waals surface area contributed by atoms with Crippen LogP contribution in [0.4, 0.5) is 8.78 Å². The lowest BCUT2D eigenvalue weighted by atomic mass is 10.1. The van der Waals surface area contributed by atoms with Crippen LogP contribution in [0, 0.1) is 11.6 Å². The van der Waals surface area contributed by atoms with Gasteiger partial charge in [0.15, 0.2) is 0 Å². The predicted octanol–water partition coefficient (Wildman–Crippen LogP) is 1.63. The molecule has 0 spiro atoms. The van der Waals surface area contributed by atoms with Crippen LogP contribution in [0.2, 0.25) is 0 Å². The van der Waals surface area contributed by atoms with E-state index in [9.17, 15) is 22.3 Å². The number of hydrogen-bond donors (Lipinski definition) is 2. The Kier molecular flexibility index (Phi) is 4.63. The van der Waals surface area contributed by atoms with Gasteiger partial charge in [0.05, 0.1) is 12.6 Å². The third kappa shape index (κ3) is 3.43. The lowest BCUT2D eigenvalue weighted by Crippen LogP contribution is -2.50. The number of hydrogen-bond acceptors (Lipinski definition) is 4. The van der Waals surface area contributed by atoms with Crippen molar-refractivity contribution in [1.82, 2.24) is 14.2 Å². The standard InChI is InChI=1S/C18H19F2N3O3S/c19-12-1-3-17-15(7-12)16-8-13(20)2-4-18(16)23(17)10-14(24)9-22-6-5-21-11-27(22,25)26/h1-4,7-8,14,21,24H,5-6,9-11H2. The van der Waals surface area contributed by atoms with E-state index in [-0.39, 0.29) is 19.0 Å². The minimum absolute atomic E-state index is 0.0342. The molecule has 1 atom stereocenters. The Morgan fingerprint density at radius 2 is 1.63 bits per heavy atom. The molecular formula is C18H19F2N3O3S. The maximum Gasteiger partial charge on any atom is 0.227 e. The number of sulfonamides is 1. The highest BCUT2D eigenvalue weighted by molar-refractivity contribution is 7.89.